The van der Waals surface area contributed by atoms with Gasteiger partial charge in [0.1, 0.15) is 0 Å². The van der Waals surface area contributed by atoms with Crippen LogP contribution in [0.4, 0.5) is 0 Å². The molecule has 0 fully saturated rings. The van der Waals surface area contributed by atoms with Gasteiger partial charge in [-0.05, 0) is 22.3 Å². The van der Waals surface area contributed by atoms with Crippen LogP contribution in [0.1, 0.15) is 22.3 Å². The fourth-order valence-corrected chi connectivity index (χ4v) is 9.93. The highest BCUT2D eigenvalue weighted by atomic mass is 32.3. The molecule has 1 unspecified atom stereocenters. The quantitative estimate of drug-likeness (QED) is 0.344. The molecule has 1 aliphatic rings. The van der Waals surface area contributed by atoms with Gasteiger partial charge < -0.3 is 0 Å². The van der Waals surface area contributed by atoms with E-state index in [4.69, 9.17) is 0 Å². The minimum atomic E-state index is -4.01. The number of sulfone groups is 1. The molecule has 34 heavy (non-hydrogen) atoms. The molecule has 0 aliphatic carbocycles. The molecule has 0 spiro atoms. The van der Waals surface area contributed by atoms with Crippen LogP contribution >= 0.6 is 0 Å². The first-order chi connectivity index (χ1) is 16.5. The first kappa shape index (κ1) is 22.5. The molecule has 1 aliphatic heterocycles. The predicted molar refractivity (Wildman–Crippen MR) is 140 cm³/mol. The normalized spacial score (nSPS) is 18.6. The predicted octanol–water partition coefficient (Wildman–Crippen LogP) is 5.87. The number of benzene rings is 4. The van der Waals surface area contributed by atoms with E-state index in [1.54, 1.807) is 12.1 Å². The zero-order chi connectivity index (χ0) is 23.6. The van der Waals surface area contributed by atoms with Crippen molar-refractivity contribution < 1.29 is 12.6 Å². The Morgan fingerprint density at radius 2 is 0.941 bits per heavy atom. The average Bonchev–Trinajstić information content (AvgIpc) is 3.04. The van der Waals surface area contributed by atoms with Crippen molar-refractivity contribution in [2.75, 3.05) is 0 Å². The van der Waals surface area contributed by atoms with Crippen LogP contribution in [0, 0.1) is 0 Å². The summed E-state index contributed by atoms with van der Waals surface area (Å²) in [6.45, 7) is 0. The van der Waals surface area contributed by atoms with Gasteiger partial charge in [-0.25, -0.2) is 8.42 Å². The average molecular weight is 485 g/mol. The molecule has 1 atom stereocenters. The van der Waals surface area contributed by atoms with Crippen LogP contribution in [0.2, 0.25) is 0 Å². The fourth-order valence-electron chi connectivity index (χ4n) is 4.58. The zero-order valence-corrected chi connectivity index (χ0v) is 20.1. The van der Waals surface area contributed by atoms with E-state index in [0.717, 1.165) is 11.1 Å². The number of hydrogen-bond acceptors (Lipinski definition) is 3. The van der Waals surface area contributed by atoms with Crippen LogP contribution in [-0.2, 0) is 33.5 Å². The van der Waals surface area contributed by atoms with Crippen molar-refractivity contribution in [3.8, 4) is 0 Å². The molecule has 4 aromatic carbocycles. The molecule has 0 aromatic heterocycles. The Hall–Kier alpha value is -3.28. The van der Waals surface area contributed by atoms with E-state index in [2.05, 4.69) is 0 Å². The van der Waals surface area contributed by atoms with Gasteiger partial charge in [0.25, 0.3) is 0 Å². The SMILES string of the molecule is O=S1C(c2ccccc2)=C(c2ccccc2)S(=O)(=O)C1(Cc1ccccc1)Cc1ccccc1. The minimum absolute atomic E-state index is 0.157. The van der Waals surface area contributed by atoms with Crippen molar-refractivity contribution in [1.82, 2.24) is 0 Å². The summed E-state index contributed by atoms with van der Waals surface area (Å²) in [5.41, 5.74) is 2.93. The first-order valence-electron chi connectivity index (χ1n) is 11.1. The van der Waals surface area contributed by atoms with Gasteiger partial charge in [0.2, 0.25) is 0 Å². The van der Waals surface area contributed by atoms with Crippen LogP contribution < -0.4 is 0 Å². The van der Waals surface area contributed by atoms with Crippen molar-refractivity contribution >= 4 is 30.4 Å². The highest BCUT2D eigenvalue weighted by Gasteiger charge is 2.59. The second-order valence-electron chi connectivity index (χ2n) is 8.40. The van der Waals surface area contributed by atoms with Crippen molar-refractivity contribution in [1.29, 1.82) is 0 Å². The molecule has 0 saturated heterocycles. The number of rotatable bonds is 6. The molecular formula is C29H24O3S2. The van der Waals surface area contributed by atoms with E-state index < -0.39 is 24.7 Å². The minimum Gasteiger partial charge on any atom is -0.253 e. The van der Waals surface area contributed by atoms with Crippen molar-refractivity contribution in [3.05, 3.63) is 144 Å². The highest BCUT2D eigenvalue weighted by Crippen LogP contribution is 2.52. The Labute approximate surface area is 203 Å². The lowest BCUT2D eigenvalue weighted by molar-refractivity contribution is 0.571. The second-order valence-corrected chi connectivity index (χ2v) is 12.6. The summed E-state index contributed by atoms with van der Waals surface area (Å²) in [7, 11) is -5.82. The summed E-state index contributed by atoms with van der Waals surface area (Å²) in [4.78, 5) is 0.558. The van der Waals surface area contributed by atoms with Gasteiger partial charge >= 0.3 is 0 Å². The Morgan fingerprint density at radius 1 is 0.559 bits per heavy atom. The monoisotopic (exact) mass is 484 g/mol. The second kappa shape index (κ2) is 9.16. The van der Waals surface area contributed by atoms with Crippen LogP contribution in [0.5, 0.6) is 0 Å². The summed E-state index contributed by atoms with van der Waals surface area (Å²) in [6.07, 6.45) is 0.314. The van der Waals surface area contributed by atoms with Crippen molar-refractivity contribution in [2.24, 2.45) is 0 Å². The first-order valence-corrected chi connectivity index (χ1v) is 13.8. The molecule has 0 amide bonds. The third-order valence-corrected chi connectivity index (χ3v) is 11.5. The van der Waals surface area contributed by atoms with E-state index in [1.165, 1.54) is 0 Å². The molecule has 4 aromatic rings. The Kier molecular flexibility index (Phi) is 6.07. The van der Waals surface area contributed by atoms with Gasteiger partial charge in [0.05, 0.1) is 20.6 Å². The van der Waals surface area contributed by atoms with Crippen molar-refractivity contribution in [3.63, 3.8) is 0 Å². The van der Waals surface area contributed by atoms with Gasteiger partial charge in [-0.2, -0.15) is 0 Å². The molecule has 0 N–H and O–H groups in total. The fraction of sp³-hybridized carbons (Fsp3) is 0.103. The molecule has 0 radical (unpaired) electrons. The van der Waals surface area contributed by atoms with E-state index in [-0.39, 0.29) is 17.7 Å². The lowest BCUT2D eigenvalue weighted by Gasteiger charge is -2.28. The third-order valence-electron chi connectivity index (χ3n) is 6.19. The highest BCUT2D eigenvalue weighted by molar-refractivity contribution is 8.20. The van der Waals surface area contributed by atoms with Gasteiger partial charge in [0.15, 0.2) is 13.9 Å². The van der Waals surface area contributed by atoms with Crippen LogP contribution in [-0.4, -0.2) is 16.7 Å². The topological polar surface area (TPSA) is 51.2 Å². The summed E-state index contributed by atoms with van der Waals surface area (Å²) in [6, 6.07) is 37.3. The van der Waals surface area contributed by atoms with Gasteiger partial charge in [-0.1, -0.05) is 121 Å². The molecule has 0 bridgehead atoms. The Bertz CT molecular complexity index is 1400. The smallest absolute Gasteiger partial charge is 0.198 e. The molecule has 0 saturated carbocycles. The summed E-state index contributed by atoms with van der Waals surface area (Å²) in [5, 5.41) is 0. The van der Waals surface area contributed by atoms with Crippen LogP contribution in [0.3, 0.4) is 0 Å². The molecule has 5 rings (SSSR count). The maximum absolute atomic E-state index is 14.6. The summed E-state index contributed by atoms with van der Waals surface area (Å²) < 4.78 is 42.1. The molecule has 3 nitrogen and oxygen atoms in total. The van der Waals surface area contributed by atoms with Gasteiger partial charge in [-0.3, -0.25) is 4.21 Å². The molecular weight excluding hydrogens is 460 g/mol. The lowest BCUT2D eigenvalue weighted by atomic mass is 10.0. The summed E-state index contributed by atoms with van der Waals surface area (Å²) >= 11 is 0. The Balaban J connectivity index is 1.78. The molecule has 1 heterocycles. The standard InChI is InChI=1S/C29H24O3S2/c30-33-27(25-17-9-3-10-18-25)28(26-19-11-4-12-20-26)34(31,32)29(33,21-23-13-5-1-6-14-23)22-24-15-7-2-8-16-24/h1-20H,21-22H2. The van der Waals surface area contributed by atoms with E-state index in [1.807, 2.05) is 109 Å². The van der Waals surface area contributed by atoms with Crippen LogP contribution in [0.15, 0.2) is 121 Å². The van der Waals surface area contributed by atoms with E-state index in [9.17, 15) is 12.6 Å². The van der Waals surface area contributed by atoms with Gasteiger partial charge in [0, 0.05) is 12.8 Å². The molecule has 5 heteroatoms. The summed E-state index contributed by atoms with van der Waals surface area (Å²) in [5.74, 6) is 0. The van der Waals surface area contributed by atoms with Crippen molar-refractivity contribution in [2.45, 2.75) is 16.9 Å². The lowest BCUT2D eigenvalue weighted by Crippen LogP contribution is -2.43. The number of hydrogen-bond donors (Lipinski definition) is 0. The third kappa shape index (κ3) is 3.85. The maximum Gasteiger partial charge on any atom is 0.198 e. The largest absolute Gasteiger partial charge is 0.253 e. The van der Waals surface area contributed by atoms with Gasteiger partial charge in [-0.15, -0.1) is 0 Å². The zero-order valence-electron chi connectivity index (χ0n) is 18.5. The Morgan fingerprint density at radius 3 is 1.38 bits per heavy atom. The molecule has 170 valence electrons. The van der Waals surface area contributed by atoms with Crippen LogP contribution in [0.25, 0.3) is 9.81 Å². The maximum atomic E-state index is 14.6. The van der Waals surface area contributed by atoms with E-state index >= 15 is 0 Å². The van der Waals surface area contributed by atoms with E-state index in [0.29, 0.717) is 16.0 Å².